The van der Waals surface area contributed by atoms with Crippen LogP contribution >= 0.6 is 11.5 Å². The van der Waals surface area contributed by atoms with E-state index in [0.717, 1.165) is 11.5 Å². The van der Waals surface area contributed by atoms with Gasteiger partial charge < -0.3 is 15.2 Å². The van der Waals surface area contributed by atoms with Crippen LogP contribution in [-0.4, -0.2) is 21.5 Å². The molecule has 98 valence electrons. The van der Waals surface area contributed by atoms with Crippen LogP contribution < -0.4 is 10.4 Å². The molecule has 1 heterocycles. The first-order chi connectivity index (χ1) is 9.00. The number of benzene rings is 1. The molecule has 1 aromatic heterocycles. The number of nitrogens with one attached hydrogen (secondary N) is 1. The first kappa shape index (κ1) is 13.2. The molecule has 1 aromatic carbocycles. The van der Waals surface area contributed by atoms with Gasteiger partial charge in [-0.2, -0.15) is 0 Å². The molecule has 0 radical (unpaired) electrons. The smallest absolute Gasteiger partial charge is 0.269 e. The topological polar surface area (TPSA) is 95.0 Å². The van der Waals surface area contributed by atoms with Crippen molar-refractivity contribution in [3.8, 4) is 0 Å². The van der Waals surface area contributed by atoms with Crippen molar-refractivity contribution in [2.45, 2.75) is 13.8 Å². The summed E-state index contributed by atoms with van der Waals surface area (Å²) in [6.07, 6.45) is 0. The average molecular weight is 276 g/mol. The van der Waals surface area contributed by atoms with Crippen LogP contribution in [0.3, 0.4) is 0 Å². The number of carboxylic acids is 1. The number of hydrogen-bond acceptors (Lipinski definition) is 6. The van der Waals surface area contributed by atoms with Crippen LogP contribution in [0.4, 0.5) is 5.69 Å². The summed E-state index contributed by atoms with van der Waals surface area (Å²) in [4.78, 5) is 23.4. The molecule has 0 aliphatic carbocycles. The Morgan fingerprint density at radius 2 is 2.05 bits per heavy atom. The van der Waals surface area contributed by atoms with Gasteiger partial charge in [-0.05, 0) is 37.0 Å². The van der Waals surface area contributed by atoms with Crippen molar-refractivity contribution in [3.05, 3.63) is 39.9 Å². The minimum absolute atomic E-state index is 0.0222. The fourth-order valence-electron chi connectivity index (χ4n) is 1.66. The van der Waals surface area contributed by atoms with Gasteiger partial charge in [-0.15, -0.1) is 5.10 Å². The van der Waals surface area contributed by atoms with Crippen LogP contribution in [0.15, 0.2) is 18.2 Å². The third kappa shape index (κ3) is 2.60. The van der Waals surface area contributed by atoms with Gasteiger partial charge in [-0.3, -0.25) is 4.79 Å². The van der Waals surface area contributed by atoms with Gasteiger partial charge in [0, 0.05) is 5.56 Å². The van der Waals surface area contributed by atoms with Crippen molar-refractivity contribution in [1.82, 2.24) is 9.59 Å². The Kier molecular flexibility index (Phi) is 3.57. The molecule has 6 nitrogen and oxygen atoms in total. The van der Waals surface area contributed by atoms with E-state index in [0.29, 0.717) is 16.1 Å². The minimum atomic E-state index is -1.33. The Hall–Kier alpha value is -2.28. The lowest BCUT2D eigenvalue weighted by molar-refractivity contribution is -0.254. The molecular formula is C12H10N3O3S-. The molecule has 7 heteroatoms. The predicted molar refractivity (Wildman–Crippen MR) is 68.1 cm³/mol. The second-order valence-corrected chi connectivity index (χ2v) is 4.68. The number of anilines is 1. The van der Waals surface area contributed by atoms with Crippen LogP contribution in [0.5, 0.6) is 0 Å². The van der Waals surface area contributed by atoms with E-state index in [9.17, 15) is 14.7 Å². The van der Waals surface area contributed by atoms with Gasteiger partial charge in [0.05, 0.1) is 17.4 Å². The number of nitrogens with zero attached hydrogens (tertiary/aromatic N) is 2. The fraction of sp³-hybridized carbons (Fsp3) is 0.167. The zero-order chi connectivity index (χ0) is 14.0. The van der Waals surface area contributed by atoms with Crippen molar-refractivity contribution < 1.29 is 14.7 Å². The quantitative estimate of drug-likeness (QED) is 0.893. The first-order valence-corrected chi connectivity index (χ1v) is 6.19. The monoisotopic (exact) mass is 276 g/mol. The molecule has 1 N–H and O–H groups in total. The maximum atomic E-state index is 12.0. The molecule has 0 saturated carbocycles. The lowest BCUT2D eigenvalue weighted by Gasteiger charge is -2.13. The number of aryl methyl sites for hydroxylation is 2. The molecule has 0 fully saturated rings. The van der Waals surface area contributed by atoms with E-state index < -0.39 is 11.9 Å². The molecular weight excluding hydrogens is 266 g/mol. The number of aromatic nitrogens is 2. The Bertz CT molecular complexity index is 651. The summed E-state index contributed by atoms with van der Waals surface area (Å²) < 4.78 is 3.66. The van der Waals surface area contributed by atoms with Crippen LogP contribution in [0.1, 0.15) is 31.3 Å². The third-order valence-electron chi connectivity index (χ3n) is 2.58. The van der Waals surface area contributed by atoms with E-state index in [2.05, 4.69) is 14.9 Å². The minimum Gasteiger partial charge on any atom is -0.545 e. The van der Waals surface area contributed by atoms with E-state index in [1.54, 1.807) is 26.0 Å². The second kappa shape index (κ2) is 5.15. The summed E-state index contributed by atoms with van der Waals surface area (Å²) in [5.74, 6) is -1.76. The molecule has 0 saturated heterocycles. The van der Waals surface area contributed by atoms with Crippen LogP contribution in [0.25, 0.3) is 0 Å². The predicted octanol–water partition coefficient (Wildman–Crippen LogP) is 0.771. The summed E-state index contributed by atoms with van der Waals surface area (Å²) >= 11 is 0.959. The highest BCUT2D eigenvalue weighted by Gasteiger charge is 2.15. The second-order valence-electron chi connectivity index (χ2n) is 3.93. The van der Waals surface area contributed by atoms with Gasteiger partial charge in [0.15, 0.2) is 0 Å². The zero-order valence-corrected chi connectivity index (χ0v) is 11.1. The number of hydrogen-bond donors (Lipinski definition) is 1. The number of carbonyl (C=O) groups is 2. The maximum absolute atomic E-state index is 12.0. The summed E-state index contributed by atoms with van der Waals surface area (Å²) in [6.45, 7) is 3.30. The van der Waals surface area contributed by atoms with Crippen LogP contribution in [-0.2, 0) is 0 Å². The van der Waals surface area contributed by atoms with Crippen molar-refractivity contribution in [2.24, 2.45) is 0 Å². The van der Waals surface area contributed by atoms with E-state index in [4.69, 9.17) is 0 Å². The number of rotatable bonds is 3. The number of amides is 1. The van der Waals surface area contributed by atoms with Crippen LogP contribution in [0, 0.1) is 13.8 Å². The van der Waals surface area contributed by atoms with Gasteiger partial charge in [-0.1, -0.05) is 16.6 Å². The summed E-state index contributed by atoms with van der Waals surface area (Å²) in [5, 5.41) is 17.4. The summed E-state index contributed by atoms with van der Waals surface area (Å²) in [5.41, 5.74) is 1.21. The van der Waals surface area contributed by atoms with Gasteiger partial charge in [0.2, 0.25) is 0 Å². The van der Waals surface area contributed by atoms with Crippen molar-refractivity contribution >= 4 is 29.1 Å². The zero-order valence-electron chi connectivity index (χ0n) is 10.3. The largest absolute Gasteiger partial charge is 0.545 e. The highest BCUT2D eigenvalue weighted by molar-refractivity contribution is 7.08. The summed E-state index contributed by atoms with van der Waals surface area (Å²) in [7, 11) is 0. The molecule has 0 bridgehead atoms. The SMILES string of the molecule is Cc1cccc(NC(=O)c2snnc2C)c1C(=O)[O-]. The van der Waals surface area contributed by atoms with Crippen LogP contribution in [0.2, 0.25) is 0 Å². The molecule has 0 unspecified atom stereocenters. The Morgan fingerprint density at radius 3 is 2.63 bits per heavy atom. The van der Waals surface area contributed by atoms with Gasteiger partial charge in [0.1, 0.15) is 4.88 Å². The van der Waals surface area contributed by atoms with Gasteiger partial charge in [-0.25, -0.2) is 0 Å². The number of carbonyl (C=O) groups excluding carboxylic acids is 2. The first-order valence-electron chi connectivity index (χ1n) is 5.42. The van der Waals surface area contributed by atoms with Crippen molar-refractivity contribution in [2.75, 3.05) is 5.32 Å². The Labute approximate surface area is 113 Å². The number of aromatic carboxylic acids is 1. The lowest BCUT2D eigenvalue weighted by atomic mass is 10.1. The molecule has 1 amide bonds. The molecule has 0 aliphatic rings. The molecule has 0 spiro atoms. The molecule has 0 aliphatic heterocycles. The molecule has 0 atom stereocenters. The highest BCUT2D eigenvalue weighted by atomic mass is 32.1. The standard InChI is InChI=1S/C12H11N3O3S/c1-6-4-3-5-8(9(6)12(17)18)13-11(16)10-7(2)14-15-19-10/h3-5H,1-2H3,(H,13,16)(H,17,18)/p-1. The third-order valence-corrected chi connectivity index (χ3v) is 3.41. The average Bonchev–Trinajstić information content (AvgIpc) is 2.75. The molecule has 2 aromatic rings. The normalized spacial score (nSPS) is 10.2. The van der Waals surface area contributed by atoms with E-state index in [1.165, 1.54) is 6.07 Å². The van der Waals surface area contributed by atoms with Gasteiger partial charge >= 0.3 is 0 Å². The van der Waals surface area contributed by atoms with Crippen molar-refractivity contribution in [1.29, 1.82) is 0 Å². The van der Waals surface area contributed by atoms with Gasteiger partial charge in [0.25, 0.3) is 5.91 Å². The van der Waals surface area contributed by atoms with E-state index >= 15 is 0 Å². The van der Waals surface area contributed by atoms with Crippen molar-refractivity contribution in [3.63, 3.8) is 0 Å². The highest BCUT2D eigenvalue weighted by Crippen LogP contribution is 2.20. The molecule has 2 rings (SSSR count). The maximum Gasteiger partial charge on any atom is 0.269 e. The Morgan fingerprint density at radius 1 is 1.32 bits per heavy atom. The fourth-order valence-corrected chi connectivity index (χ4v) is 2.21. The molecule has 19 heavy (non-hydrogen) atoms. The van der Waals surface area contributed by atoms with E-state index in [1.807, 2.05) is 0 Å². The van der Waals surface area contributed by atoms with E-state index in [-0.39, 0.29) is 11.3 Å². The lowest BCUT2D eigenvalue weighted by Crippen LogP contribution is -2.26. The number of carboxylic acid groups (broad SMARTS) is 1. The summed E-state index contributed by atoms with van der Waals surface area (Å²) in [6, 6.07) is 4.81. The Balaban J connectivity index is 2.35.